The number of para-hydroxylation sites is 2. The van der Waals surface area contributed by atoms with Gasteiger partial charge in [-0.2, -0.15) is 0 Å². The zero-order chi connectivity index (χ0) is 21.6. The van der Waals surface area contributed by atoms with Crippen LogP contribution in [-0.2, 0) is 20.9 Å². The molecule has 7 nitrogen and oxygen atoms in total. The van der Waals surface area contributed by atoms with Crippen LogP contribution in [0.3, 0.4) is 0 Å². The lowest BCUT2D eigenvalue weighted by atomic mass is 9.48. The largest absolute Gasteiger partial charge is 0.456 e. The summed E-state index contributed by atoms with van der Waals surface area (Å²) in [6, 6.07) is 7.17. The van der Waals surface area contributed by atoms with Crippen molar-refractivity contribution >= 4 is 23.0 Å². The quantitative estimate of drug-likeness (QED) is 0.687. The summed E-state index contributed by atoms with van der Waals surface area (Å²) in [6.45, 7) is 1.99. The van der Waals surface area contributed by atoms with Gasteiger partial charge >= 0.3 is 11.7 Å². The second kappa shape index (κ2) is 7.84. The van der Waals surface area contributed by atoms with E-state index in [2.05, 4.69) is 12.2 Å². The molecule has 4 bridgehead atoms. The third-order valence-corrected chi connectivity index (χ3v) is 7.86. The highest BCUT2D eigenvalue weighted by atomic mass is 16.5. The van der Waals surface area contributed by atoms with Crippen molar-refractivity contribution in [2.45, 2.75) is 64.5 Å². The number of fused-ring (bicyclic) bond motifs is 1. The fourth-order valence-corrected chi connectivity index (χ4v) is 6.79. The van der Waals surface area contributed by atoms with Crippen molar-refractivity contribution in [2.75, 3.05) is 6.61 Å². The molecule has 1 N–H and O–H groups in total. The van der Waals surface area contributed by atoms with Gasteiger partial charge in [-0.05, 0) is 80.8 Å². The molecule has 0 radical (unpaired) electrons. The summed E-state index contributed by atoms with van der Waals surface area (Å²) in [6.07, 6.45) is 7.75. The number of rotatable bonds is 7. The summed E-state index contributed by atoms with van der Waals surface area (Å²) < 4.78 is 11.8. The minimum absolute atomic E-state index is 0.00124. The van der Waals surface area contributed by atoms with Crippen LogP contribution in [0, 0.1) is 23.2 Å². The Labute approximate surface area is 181 Å². The molecule has 0 unspecified atom stereocenters. The number of esters is 1. The van der Waals surface area contributed by atoms with E-state index in [9.17, 15) is 14.4 Å². The van der Waals surface area contributed by atoms with Crippen LogP contribution in [0.15, 0.2) is 33.5 Å². The van der Waals surface area contributed by atoms with Crippen LogP contribution in [0.4, 0.5) is 0 Å². The van der Waals surface area contributed by atoms with Crippen molar-refractivity contribution in [3.8, 4) is 0 Å². The average Bonchev–Trinajstić information content (AvgIpc) is 3.04. The molecule has 4 aliphatic carbocycles. The van der Waals surface area contributed by atoms with Gasteiger partial charge in [-0.15, -0.1) is 0 Å². The first-order valence-corrected chi connectivity index (χ1v) is 11.5. The van der Waals surface area contributed by atoms with Crippen molar-refractivity contribution in [3.63, 3.8) is 0 Å². The maximum atomic E-state index is 12.5. The summed E-state index contributed by atoms with van der Waals surface area (Å²) in [7, 11) is 0. The monoisotopic (exact) mass is 426 g/mol. The molecule has 1 aromatic carbocycles. The van der Waals surface area contributed by atoms with Gasteiger partial charge in [-0.1, -0.05) is 12.1 Å². The molecule has 31 heavy (non-hydrogen) atoms. The van der Waals surface area contributed by atoms with Crippen LogP contribution in [0.5, 0.6) is 0 Å². The number of benzene rings is 1. The number of hydrogen-bond acceptors (Lipinski definition) is 5. The number of carbonyl (C=O) groups is 2. The number of amides is 1. The Bertz CT molecular complexity index is 1020. The molecule has 2 aromatic rings. The normalized spacial score (nSPS) is 29.8. The van der Waals surface area contributed by atoms with Gasteiger partial charge in [0.25, 0.3) is 5.91 Å². The molecule has 4 fully saturated rings. The van der Waals surface area contributed by atoms with Crippen molar-refractivity contribution < 1.29 is 18.7 Å². The molecule has 1 heterocycles. The van der Waals surface area contributed by atoms with Crippen LogP contribution >= 0.6 is 0 Å². The summed E-state index contributed by atoms with van der Waals surface area (Å²) in [5.74, 6) is 1.22. The van der Waals surface area contributed by atoms with Crippen molar-refractivity contribution in [1.29, 1.82) is 0 Å². The number of aryl methyl sites for hydroxylation is 1. The Kier molecular flexibility index (Phi) is 5.15. The third kappa shape index (κ3) is 3.90. The van der Waals surface area contributed by atoms with Crippen molar-refractivity contribution in [2.24, 2.45) is 23.2 Å². The van der Waals surface area contributed by atoms with E-state index < -0.39 is 11.7 Å². The number of oxazole rings is 1. The Hall–Kier alpha value is -2.57. The van der Waals surface area contributed by atoms with Crippen LogP contribution in [-0.4, -0.2) is 29.1 Å². The summed E-state index contributed by atoms with van der Waals surface area (Å²) in [5.41, 5.74) is 1.35. The molecule has 1 atom stereocenters. The van der Waals surface area contributed by atoms with Crippen LogP contribution < -0.4 is 11.1 Å². The Morgan fingerprint density at radius 1 is 1.16 bits per heavy atom. The molecule has 6 rings (SSSR count). The van der Waals surface area contributed by atoms with E-state index in [1.54, 1.807) is 24.3 Å². The van der Waals surface area contributed by atoms with Gasteiger partial charge in [0.15, 0.2) is 12.2 Å². The van der Waals surface area contributed by atoms with Crippen LogP contribution in [0.1, 0.15) is 51.9 Å². The molecule has 7 heteroatoms. The van der Waals surface area contributed by atoms with E-state index >= 15 is 0 Å². The lowest BCUT2D eigenvalue weighted by molar-refractivity contribution is -0.149. The number of ether oxygens (including phenoxy) is 1. The van der Waals surface area contributed by atoms with Gasteiger partial charge < -0.3 is 14.5 Å². The number of aromatic nitrogens is 1. The summed E-state index contributed by atoms with van der Waals surface area (Å²) in [4.78, 5) is 36.6. The number of hydrogen-bond donors (Lipinski definition) is 1. The number of carbonyl (C=O) groups excluding carboxylic acids is 2. The average molecular weight is 427 g/mol. The van der Waals surface area contributed by atoms with Gasteiger partial charge in [0.2, 0.25) is 0 Å². The second-order valence-electron chi connectivity index (χ2n) is 9.97. The second-order valence-corrected chi connectivity index (χ2v) is 9.97. The van der Waals surface area contributed by atoms with E-state index in [1.807, 2.05) is 0 Å². The summed E-state index contributed by atoms with van der Waals surface area (Å²) >= 11 is 0. The van der Waals surface area contributed by atoms with E-state index in [4.69, 9.17) is 9.15 Å². The summed E-state index contributed by atoms with van der Waals surface area (Å²) in [5, 5.41) is 3.11. The first-order chi connectivity index (χ1) is 14.9. The van der Waals surface area contributed by atoms with E-state index in [1.165, 1.54) is 43.1 Å². The number of nitrogens with zero attached hydrogens (tertiary/aromatic N) is 1. The molecule has 4 saturated carbocycles. The van der Waals surface area contributed by atoms with E-state index in [0.717, 1.165) is 17.8 Å². The predicted octanol–water partition coefficient (Wildman–Crippen LogP) is 3.25. The molecular weight excluding hydrogens is 396 g/mol. The Morgan fingerprint density at radius 2 is 1.81 bits per heavy atom. The predicted molar refractivity (Wildman–Crippen MR) is 114 cm³/mol. The van der Waals surface area contributed by atoms with E-state index in [-0.39, 0.29) is 36.9 Å². The van der Waals surface area contributed by atoms with Crippen LogP contribution in [0.2, 0.25) is 0 Å². The smallest absolute Gasteiger partial charge is 0.419 e. The molecule has 0 spiro atoms. The molecular formula is C24H30N2O5. The minimum atomic E-state index is -0.505. The molecule has 1 amide bonds. The highest BCUT2D eigenvalue weighted by molar-refractivity contribution is 5.81. The molecule has 0 aliphatic heterocycles. The topological polar surface area (TPSA) is 90.5 Å². The van der Waals surface area contributed by atoms with Gasteiger partial charge in [-0.3, -0.25) is 14.2 Å². The fraction of sp³-hybridized carbons (Fsp3) is 0.625. The van der Waals surface area contributed by atoms with Crippen LogP contribution in [0.25, 0.3) is 11.1 Å². The lowest BCUT2D eigenvalue weighted by Gasteiger charge is -2.59. The molecule has 4 aliphatic rings. The van der Waals surface area contributed by atoms with Gasteiger partial charge in [0.1, 0.15) is 0 Å². The first kappa shape index (κ1) is 20.3. The lowest BCUT2D eigenvalue weighted by Crippen LogP contribution is -2.56. The number of nitrogens with one attached hydrogen (secondary N) is 1. The maximum absolute atomic E-state index is 12.5. The van der Waals surface area contributed by atoms with Gasteiger partial charge in [0, 0.05) is 12.6 Å². The highest BCUT2D eigenvalue weighted by Crippen LogP contribution is 2.61. The van der Waals surface area contributed by atoms with Gasteiger partial charge in [-0.25, -0.2) is 4.79 Å². The van der Waals surface area contributed by atoms with E-state index in [0.29, 0.717) is 11.1 Å². The Morgan fingerprint density at radius 3 is 2.48 bits per heavy atom. The van der Waals surface area contributed by atoms with Crippen molar-refractivity contribution in [1.82, 2.24) is 9.88 Å². The SMILES string of the molecule is C[C@H](NC(=O)COC(=O)CCn1c(=O)oc2ccccc21)C12CC3CC(CC(C3)C1)C2. The maximum Gasteiger partial charge on any atom is 0.419 e. The Balaban J connectivity index is 1.11. The third-order valence-electron chi connectivity index (χ3n) is 7.86. The molecule has 166 valence electrons. The zero-order valence-corrected chi connectivity index (χ0v) is 18.0. The standard InChI is InChI=1S/C24H30N2O5/c1-15(24-11-16-8-17(12-24)10-18(9-16)13-24)25-21(27)14-30-22(28)6-7-26-19-4-2-3-5-20(19)31-23(26)29/h2-5,15-18H,6-14H2,1H3,(H,25,27)/t15-,16?,17?,18?,24?/m0/s1. The van der Waals surface area contributed by atoms with Crippen molar-refractivity contribution in [3.05, 3.63) is 34.8 Å². The minimum Gasteiger partial charge on any atom is -0.456 e. The van der Waals surface area contributed by atoms with Gasteiger partial charge in [0.05, 0.1) is 11.9 Å². The first-order valence-electron chi connectivity index (χ1n) is 11.5. The molecule has 1 aromatic heterocycles. The molecule has 0 saturated heterocycles. The highest BCUT2D eigenvalue weighted by Gasteiger charge is 2.53. The fourth-order valence-electron chi connectivity index (χ4n) is 6.79. The zero-order valence-electron chi connectivity index (χ0n) is 18.0.